The van der Waals surface area contributed by atoms with Crippen LogP contribution in [0.3, 0.4) is 0 Å². The summed E-state index contributed by atoms with van der Waals surface area (Å²) in [7, 11) is 0. The molecule has 5 nitrogen and oxygen atoms in total. The van der Waals surface area contributed by atoms with Crippen molar-refractivity contribution >= 4 is 35.0 Å². The number of nitrogens with zero attached hydrogens (tertiary/aromatic N) is 1. The molecule has 1 fully saturated rings. The molecule has 0 aromatic heterocycles. The predicted octanol–water partition coefficient (Wildman–Crippen LogP) is 5.38. The number of hydrogen-bond donors (Lipinski definition) is 1. The predicted molar refractivity (Wildman–Crippen MR) is 123 cm³/mol. The molecule has 2 aromatic rings. The summed E-state index contributed by atoms with van der Waals surface area (Å²) in [4.78, 5) is 27.3. The Morgan fingerprint density at radius 2 is 1.88 bits per heavy atom. The molecular formula is C24H27Cl2FN2O3. The molecule has 0 saturated heterocycles. The number of carbonyl (C=O) groups is 2. The van der Waals surface area contributed by atoms with E-state index in [1.54, 1.807) is 37.3 Å². The molecule has 1 aliphatic carbocycles. The van der Waals surface area contributed by atoms with Crippen molar-refractivity contribution in [2.75, 3.05) is 6.61 Å². The van der Waals surface area contributed by atoms with Crippen LogP contribution in [0.15, 0.2) is 42.5 Å². The third-order valence-electron chi connectivity index (χ3n) is 5.66. The summed E-state index contributed by atoms with van der Waals surface area (Å²) in [6, 6.07) is 10.2. The second-order valence-corrected chi connectivity index (χ2v) is 8.84. The zero-order chi connectivity index (χ0) is 23.1. The van der Waals surface area contributed by atoms with E-state index in [9.17, 15) is 14.0 Å². The molecule has 172 valence electrons. The summed E-state index contributed by atoms with van der Waals surface area (Å²) >= 11 is 12.0. The molecule has 2 amide bonds. The van der Waals surface area contributed by atoms with Crippen molar-refractivity contribution in [1.82, 2.24) is 10.2 Å². The fourth-order valence-corrected chi connectivity index (χ4v) is 4.24. The highest BCUT2D eigenvalue weighted by atomic mass is 35.5. The van der Waals surface area contributed by atoms with Crippen LogP contribution in [-0.2, 0) is 16.1 Å². The highest BCUT2D eigenvalue weighted by molar-refractivity contribution is 6.35. The molecule has 1 aliphatic rings. The van der Waals surface area contributed by atoms with Crippen LogP contribution < -0.4 is 10.1 Å². The minimum atomic E-state index is -0.798. The Morgan fingerprint density at radius 1 is 1.16 bits per heavy atom. The minimum absolute atomic E-state index is 0.0531. The maximum absolute atomic E-state index is 14.3. The van der Waals surface area contributed by atoms with Crippen molar-refractivity contribution in [3.8, 4) is 5.75 Å². The third kappa shape index (κ3) is 6.59. The fraction of sp³-hybridized carbons (Fsp3) is 0.417. The Hall–Kier alpha value is -2.31. The molecule has 3 rings (SSSR count). The van der Waals surface area contributed by atoms with Gasteiger partial charge < -0.3 is 15.0 Å². The molecule has 0 unspecified atom stereocenters. The van der Waals surface area contributed by atoms with Crippen LogP contribution in [0.5, 0.6) is 5.75 Å². The van der Waals surface area contributed by atoms with Gasteiger partial charge >= 0.3 is 0 Å². The van der Waals surface area contributed by atoms with Crippen molar-refractivity contribution in [2.45, 2.75) is 57.7 Å². The molecule has 0 spiro atoms. The van der Waals surface area contributed by atoms with Crippen molar-refractivity contribution in [2.24, 2.45) is 0 Å². The van der Waals surface area contributed by atoms with E-state index in [0.717, 1.165) is 25.7 Å². The highest BCUT2D eigenvalue weighted by Crippen LogP contribution is 2.27. The summed E-state index contributed by atoms with van der Waals surface area (Å²) in [6.45, 7) is 1.24. The van der Waals surface area contributed by atoms with Gasteiger partial charge in [0.15, 0.2) is 6.61 Å². The van der Waals surface area contributed by atoms with E-state index >= 15 is 0 Å². The largest absolute Gasteiger partial charge is 0.482 e. The number of hydrogen-bond acceptors (Lipinski definition) is 3. The molecule has 0 heterocycles. The smallest absolute Gasteiger partial charge is 0.261 e. The van der Waals surface area contributed by atoms with Gasteiger partial charge in [-0.15, -0.1) is 0 Å². The summed E-state index contributed by atoms with van der Waals surface area (Å²) in [6.07, 6.45) is 5.18. The van der Waals surface area contributed by atoms with Gasteiger partial charge in [0.1, 0.15) is 17.6 Å². The molecule has 0 bridgehead atoms. The number of amides is 2. The number of benzene rings is 2. The lowest BCUT2D eigenvalue weighted by molar-refractivity contribution is -0.142. The molecule has 8 heteroatoms. The first-order chi connectivity index (χ1) is 15.3. The van der Waals surface area contributed by atoms with Gasteiger partial charge in [0.05, 0.1) is 5.02 Å². The number of ether oxygens (including phenoxy) is 1. The van der Waals surface area contributed by atoms with Crippen LogP contribution in [0.2, 0.25) is 10.0 Å². The standard InChI is InChI=1S/C24H27Cl2FN2O3/c1-16(24(31)28-19-8-3-2-4-9-19)29(14-17-7-5-6-10-21(17)27)23(30)15-32-22-12-11-18(25)13-20(22)26/h5-7,10-13,16,19H,2-4,8-9,14-15H2,1H3,(H,28,31)/t16-/m0/s1. The number of rotatable bonds is 8. The van der Waals surface area contributed by atoms with E-state index in [1.165, 1.54) is 23.5 Å². The zero-order valence-corrected chi connectivity index (χ0v) is 19.5. The zero-order valence-electron chi connectivity index (χ0n) is 18.0. The Morgan fingerprint density at radius 3 is 2.56 bits per heavy atom. The van der Waals surface area contributed by atoms with Gasteiger partial charge in [0.25, 0.3) is 5.91 Å². The normalized spacial score (nSPS) is 15.1. The first-order valence-electron chi connectivity index (χ1n) is 10.8. The van der Waals surface area contributed by atoms with Gasteiger partial charge in [0.2, 0.25) is 5.91 Å². The molecule has 1 saturated carbocycles. The van der Waals surface area contributed by atoms with Gasteiger partial charge in [-0.25, -0.2) is 4.39 Å². The van der Waals surface area contributed by atoms with E-state index in [4.69, 9.17) is 27.9 Å². The maximum Gasteiger partial charge on any atom is 0.261 e. The van der Waals surface area contributed by atoms with Crippen LogP contribution in [-0.4, -0.2) is 35.4 Å². The molecule has 1 atom stereocenters. The van der Waals surface area contributed by atoms with Gasteiger partial charge in [-0.05, 0) is 44.0 Å². The quantitative estimate of drug-likeness (QED) is 0.551. The average Bonchev–Trinajstić information content (AvgIpc) is 2.78. The first kappa shape index (κ1) is 24.3. The van der Waals surface area contributed by atoms with Crippen LogP contribution in [0.1, 0.15) is 44.6 Å². The van der Waals surface area contributed by atoms with Gasteiger partial charge in [-0.2, -0.15) is 0 Å². The van der Waals surface area contributed by atoms with Crippen molar-refractivity contribution in [3.05, 3.63) is 63.9 Å². The highest BCUT2D eigenvalue weighted by Gasteiger charge is 2.29. The van der Waals surface area contributed by atoms with E-state index in [1.807, 2.05) is 0 Å². The summed E-state index contributed by atoms with van der Waals surface area (Å²) in [5.74, 6) is -0.849. The van der Waals surface area contributed by atoms with E-state index < -0.39 is 17.8 Å². The lowest BCUT2D eigenvalue weighted by Gasteiger charge is -2.31. The van der Waals surface area contributed by atoms with Gasteiger partial charge in [-0.3, -0.25) is 9.59 Å². The molecule has 32 heavy (non-hydrogen) atoms. The second-order valence-electron chi connectivity index (χ2n) is 8.00. The van der Waals surface area contributed by atoms with E-state index in [2.05, 4.69) is 5.32 Å². The number of carbonyl (C=O) groups excluding carboxylic acids is 2. The monoisotopic (exact) mass is 480 g/mol. The number of halogens is 3. The molecule has 2 aromatic carbocycles. The Bertz CT molecular complexity index is 951. The lowest BCUT2D eigenvalue weighted by atomic mass is 9.95. The van der Waals surface area contributed by atoms with Crippen LogP contribution in [0, 0.1) is 5.82 Å². The third-order valence-corrected chi connectivity index (χ3v) is 6.19. The fourth-order valence-electron chi connectivity index (χ4n) is 3.78. The average molecular weight is 481 g/mol. The summed E-state index contributed by atoms with van der Waals surface area (Å²) in [5, 5.41) is 3.76. The topological polar surface area (TPSA) is 58.6 Å². The molecule has 0 aliphatic heterocycles. The Balaban J connectivity index is 1.73. The Kier molecular flexibility index (Phi) is 8.76. The number of nitrogens with one attached hydrogen (secondary N) is 1. The van der Waals surface area contributed by atoms with E-state index in [0.29, 0.717) is 16.3 Å². The molecule has 0 radical (unpaired) electrons. The van der Waals surface area contributed by atoms with Crippen LogP contribution in [0.25, 0.3) is 0 Å². The van der Waals surface area contributed by atoms with Crippen molar-refractivity contribution in [3.63, 3.8) is 0 Å². The lowest BCUT2D eigenvalue weighted by Crippen LogP contribution is -2.51. The first-order valence-corrected chi connectivity index (χ1v) is 11.5. The summed E-state index contributed by atoms with van der Waals surface area (Å²) < 4.78 is 19.9. The Labute approximate surface area is 197 Å². The minimum Gasteiger partial charge on any atom is -0.482 e. The van der Waals surface area contributed by atoms with Crippen molar-refractivity contribution in [1.29, 1.82) is 0 Å². The van der Waals surface area contributed by atoms with Gasteiger partial charge in [-0.1, -0.05) is 60.7 Å². The molecule has 1 N–H and O–H groups in total. The van der Waals surface area contributed by atoms with Crippen molar-refractivity contribution < 1.29 is 18.7 Å². The second kappa shape index (κ2) is 11.5. The van der Waals surface area contributed by atoms with Crippen LogP contribution in [0.4, 0.5) is 4.39 Å². The van der Waals surface area contributed by atoms with Crippen LogP contribution >= 0.6 is 23.2 Å². The SMILES string of the molecule is C[C@@H](C(=O)NC1CCCCC1)N(Cc1ccccc1F)C(=O)COc1ccc(Cl)cc1Cl. The maximum atomic E-state index is 14.3. The molecular weight excluding hydrogens is 454 g/mol. The van der Waals surface area contributed by atoms with E-state index in [-0.39, 0.29) is 30.1 Å². The summed E-state index contributed by atoms with van der Waals surface area (Å²) in [5.41, 5.74) is 0.322. The van der Waals surface area contributed by atoms with Gasteiger partial charge in [0, 0.05) is 23.2 Å².